The van der Waals surface area contributed by atoms with Gasteiger partial charge in [-0.1, -0.05) is 17.8 Å². The molecule has 1 atom stereocenters. The highest BCUT2D eigenvalue weighted by molar-refractivity contribution is 8.05. The minimum absolute atomic E-state index is 0.0666. The predicted molar refractivity (Wildman–Crippen MR) is 71.6 cm³/mol. The number of carbonyl (C=O) groups is 3. The first-order chi connectivity index (χ1) is 9.47. The number of nitrogens with one attached hydrogen (secondary N) is 1. The highest BCUT2D eigenvalue weighted by atomic mass is 32.2. The number of carboxylic acids is 1. The van der Waals surface area contributed by atoms with Gasteiger partial charge in [0.25, 0.3) is 5.91 Å². The van der Waals surface area contributed by atoms with E-state index in [1.165, 1.54) is 29.8 Å². The molecular formula is C13H13N2O4S-. The Morgan fingerprint density at radius 1 is 1.50 bits per heavy atom. The van der Waals surface area contributed by atoms with Crippen molar-refractivity contribution in [3.63, 3.8) is 0 Å². The molecule has 7 heteroatoms. The molecule has 0 radical (unpaired) electrons. The second kappa shape index (κ2) is 5.54. The third-order valence-corrected chi connectivity index (χ3v) is 4.01. The van der Waals surface area contributed by atoms with Gasteiger partial charge in [-0.25, -0.2) is 0 Å². The van der Waals surface area contributed by atoms with E-state index >= 15 is 0 Å². The van der Waals surface area contributed by atoms with Gasteiger partial charge in [-0.2, -0.15) is 0 Å². The molecule has 0 spiro atoms. The Bertz CT molecular complexity index is 577. The maximum absolute atomic E-state index is 11.8. The second-order valence-corrected chi connectivity index (χ2v) is 5.32. The second-order valence-electron chi connectivity index (χ2n) is 4.32. The highest BCUT2D eigenvalue weighted by Crippen LogP contribution is 2.45. The van der Waals surface area contributed by atoms with Gasteiger partial charge < -0.3 is 15.2 Å². The van der Waals surface area contributed by atoms with E-state index in [0.717, 1.165) is 0 Å². The van der Waals surface area contributed by atoms with Crippen molar-refractivity contribution in [2.45, 2.75) is 26.3 Å². The molecule has 2 heterocycles. The summed E-state index contributed by atoms with van der Waals surface area (Å²) in [6.07, 6.45) is 3.60. The molecule has 2 rings (SSSR count). The number of carbonyl (C=O) groups excluding carboxylic acids is 3. The van der Waals surface area contributed by atoms with Crippen LogP contribution in [0.1, 0.15) is 20.3 Å². The molecule has 0 aromatic carbocycles. The van der Waals surface area contributed by atoms with Crippen LogP contribution in [0.15, 0.2) is 33.9 Å². The Hall–Kier alpha value is -2.02. The summed E-state index contributed by atoms with van der Waals surface area (Å²) >= 11 is 1.17. The lowest BCUT2D eigenvalue weighted by atomic mass is 9.94. The standard InChI is InChI=1S/C13H14N2O4S/c1-3-8-9-6-10(20-5-4-14-7(2)16)11(13(18)19)15(9)12(8)17/h3-5,9H,6H2,1-2H3,(H,14,16)(H,18,19)/p-1/b5-4+,8-3-/t9-/m1/s1. The lowest BCUT2D eigenvalue weighted by Gasteiger charge is -2.39. The first kappa shape index (κ1) is 14.4. The van der Waals surface area contributed by atoms with Gasteiger partial charge in [-0.15, -0.1) is 0 Å². The van der Waals surface area contributed by atoms with Crippen LogP contribution in [0.2, 0.25) is 0 Å². The molecule has 0 bridgehead atoms. The maximum Gasteiger partial charge on any atom is 0.256 e. The number of rotatable bonds is 4. The largest absolute Gasteiger partial charge is 0.543 e. The van der Waals surface area contributed by atoms with Gasteiger partial charge in [-0.05, 0) is 12.3 Å². The van der Waals surface area contributed by atoms with Crippen molar-refractivity contribution in [3.05, 3.63) is 33.9 Å². The van der Waals surface area contributed by atoms with E-state index in [4.69, 9.17) is 0 Å². The smallest absolute Gasteiger partial charge is 0.256 e. The van der Waals surface area contributed by atoms with Crippen molar-refractivity contribution in [2.75, 3.05) is 0 Å². The molecule has 1 N–H and O–H groups in total. The molecule has 2 amide bonds. The van der Waals surface area contributed by atoms with Gasteiger partial charge >= 0.3 is 0 Å². The van der Waals surface area contributed by atoms with Crippen LogP contribution in [-0.2, 0) is 14.4 Å². The summed E-state index contributed by atoms with van der Waals surface area (Å²) < 4.78 is 0. The van der Waals surface area contributed by atoms with Crippen molar-refractivity contribution in [1.29, 1.82) is 0 Å². The fourth-order valence-electron chi connectivity index (χ4n) is 2.26. The average molecular weight is 293 g/mol. The summed E-state index contributed by atoms with van der Waals surface area (Å²) in [6.45, 7) is 3.13. The fourth-order valence-corrected chi connectivity index (χ4v) is 3.11. The zero-order valence-corrected chi connectivity index (χ0v) is 11.8. The summed E-state index contributed by atoms with van der Waals surface area (Å²) in [5, 5.41) is 15.2. The van der Waals surface area contributed by atoms with Gasteiger partial charge in [0.15, 0.2) is 0 Å². The fraction of sp³-hybridized carbons (Fsp3) is 0.308. The number of fused-ring (bicyclic) bond motifs is 1. The van der Waals surface area contributed by atoms with Crippen LogP contribution in [0, 0.1) is 0 Å². The molecule has 1 saturated heterocycles. The van der Waals surface area contributed by atoms with Crippen molar-refractivity contribution in [2.24, 2.45) is 0 Å². The number of hydrogen-bond acceptors (Lipinski definition) is 5. The van der Waals surface area contributed by atoms with Crippen molar-refractivity contribution < 1.29 is 19.5 Å². The number of β-lactam (4-membered cyclic amide) rings is 1. The highest BCUT2D eigenvalue weighted by Gasteiger charge is 2.49. The van der Waals surface area contributed by atoms with Gasteiger partial charge in [0.1, 0.15) is 0 Å². The Balaban J connectivity index is 2.15. The molecule has 0 saturated carbocycles. The maximum atomic E-state index is 11.8. The average Bonchev–Trinajstić information content (AvgIpc) is 2.70. The molecular weight excluding hydrogens is 280 g/mol. The van der Waals surface area contributed by atoms with Crippen LogP contribution in [0.25, 0.3) is 0 Å². The van der Waals surface area contributed by atoms with E-state index in [2.05, 4.69) is 5.32 Å². The van der Waals surface area contributed by atoms with E-state index in [9.17, 15) is 19.5 Å². The van der Waals surface area contributed by atoms with E-state index in [0.29, 0.717) is 16.9 Å². The summed E-state index contributed by atoms with van der Waals surface area (Å²) in [6, 6.07) is -0.197. The number of aliphatic carboxylic acids is 1. The monoisotopic (exact) mass is 293 g/mol. The number of carboxylic acid groups (broad SMARTS) is 1. The van der Waals surface area contributed by atoms with Crippen LogP contribution in [0.3, 0.4) is 0 Å². The first-order valence-electron chi connectivity index (χ1n) is 6.00. The predicted octanol–water partition coefficient (Wildman–Crippen LogP) is -0.151. The van der Waals surface area contributed by atoms with Gasteiger partial charge in [0, 0.05) is 30.0 Å². The normalized spacial score (nSPS) is 23.3. The number of nitrogens with zero attached hydrogens (tertiary/aromatic N) is 1. The third-order valence-electron chi connectivity index (χ3n) is 3.09. The van der Waals surface area contributed by atoms with E-state index < -0.39 is 5.97 Å². The van der Waals surface area contributed by atoms with E-state index in [1.54, 1.807) is 18.4 Å². The summed E-state index contributed by atoms with van der Waals surface area (Å²) in [7, 11) is 0. The molecule has 106 valence electrons. The summed E-state index contributed by atoms with van der Waals surface area (Å²) in [5.74, 6) is -1.85. The van der Waals surface area contributed by atoms with Crippen molar-refractivity contribution in [1.82, 2.24) is 10.2 Å². The van der Waals surface area contributed by atoms with Crippen LogP contribution >= 0.6 is 11.8 Å². The van der Waals surface area contributed by atoms with E-state index in [1.807, 2.05) is 0 Å². The van der Waals surface area contributed by atoms with Gasteiger partial charge in [-0.3, -0.25) is 14.5 Å². The Morgan fingerprint density at radius 2 is 2.20 bits per heavy atom. The zero-order chi connectivity index (χ0) is 14.9. The van der Waals surface area contributed by atoms with Crippen LogP contribution in [0.4, 0.5) is 0 Å². The minimum Gasteiger partial charge on any atom is -0.543 e. The van der Waals surface area contributed by atoms with Crippen molar-refractivity contribution in [3.8, 4) is 0 Å². The number of hydrogen-bond donors (Lipinski definition) is 1. The molecule has 0 aromatic heterocycles. The lowest BCUT2D eigenvalue weighted by Crippen LogP contribution is -2.53. The Morgan fingerprint density at radius 3 is 2.75 bits per heavy atom. The Kier molecular flexibility index (Phi) is 3.99. The number of amides is 2. The van der Waals surface area contributed by atoms with Crippen LogP contribution in [-0.4, -0.2) is 28.7 Å². The number of thioether (sulfide) groups is 1. The first-order valence-corrected chi connectivity index (χ1v) is 6.88. The molecule has 0 aliphatic carbocycles. The molecule has 20 heavy (non-hydrogen) atoms. The zero-order valence-electron chi connectivity index (χ0n) is 11.0. The van der Waals surface area contributed by atoms with Crippen LogP contribution in [0.5, 0.6) is 0 Å². The van der Waals surface area contributed by atoms with E-state index in [-0.39, 0.29) is 23.6 Å². The molecule has 2 aliphatic rings. The minimum atomic E-state index is -1.36. The molecule has 2 aliphatic heterocycles. The SMILES string of the molecule is C/C=C1\C(=O)N2C(C(=O)[O-])=C(S/C=C/NC(C)=O)C[C@H]12. The lowest BCUT2D eigenvalue weighted by molar-refractivity contribution is -0.301. The molecule has 0 aromatic rings. The third kappa shape index (κ3) is 2.36. The number of allylic oxidation sites excluding steroid dienone is 1. The molecule has 1 fully saturated rings. The quantitative estimate of drug-likeness (QED) is 0.575. The summed E-state index contributed by atoms with van der Waals surface area (Å²) in [4.78, 5) is 35.5. The summed E-state index contributed by atoms with van der Waals surface area (Å²) in [5.41, 5.74) is 0.563. The topological polar surface area (TPSA) is 89.5 Å². The Labute approximate surface area is 120 Å². The van der Waals surface area contributed by atoms with Crippen molar-refractivity contribution >= 4 is 29.5 Å². The van der Waals surface area contributed by atoms with Gasteiger partial charge in [0.05, 0.1) is 17.7 Å². The molecule has 6 nitrogen and oxygen atoms in total. The van der Waals surface area contributed by atoms with Gasteiger partial charge in [0.2, 0.25) is 5.91 Å². The molecule has 0 unspecified atom stereocenters. The van der Waals surface area contributed by atoms with Crippen LogP contribution < -0.4 is 10.4 Å².